The topological polar surface area (TPSA) is 35.8 Å². The second-order valence-corrected chi connectivity index (χ2v) is 5.65. The highest BCUT2D eigenvalue weighted by Gasteiger charge is 2.18. The van der Waals surface area contributed by atoms with Gasteiger partial charge in [0.15, 0.2) is 0 Å². The third kappa shape index (κ3) is 3.39. The Bertz CT molecular complexity index is 601. The van der Waals surface area contributed by atoms with Gasteiger partial charge in [-0.15, -0.1) is 0 Å². The Kier molecular flexibility index (Phi) is 4.10. The van der Waals surface area contributed by atoms with Gasteiger partial charge in [0.2, 0.25) is 0 Å². The Morgan fingerprint density at radius 1 is 1.00 bits per heavy atom. The molecular weight excluding hydrogens is 244 g/mol. The Hall–Kier alpha value is -2.27. The molecule has 0 bridgehead atoms. The number of nitrogens with one attached hydrogen (secondary N) is 1. The van der Waals surface area contributed by atoms with Crippen molar-refractivity contribution in [1.29, 1.82) is 5.26 Å². The van der Waals surface area contributed by atoms with E-state index in [9.17, 15) is 0 Å². The molecule has 102 valence electrons. The van der Waals surface area contributed by atoms with Crippen LogP contribution in [0.2, 0.25) is 0 Å². The summed E-state index contributed by atoms with van der Waals surface area (Å²) < 4.78 is 0. The van der Waals surface area contributed by atoms with Crippen molar-refractivity contribution >= 4 is 5.69 Å². The maximum atomic E-state index is 9.13. The third-order valence-corrected chi connectivity index (χ3v) is 3.50. The molecule has 2 aromatic rings. The lowest BCUT2D eigenvalue weighted by molar-refractivity contribution is 0.687. The van der Waals surface area contributed by atoms with Crippen LogP contribution in [0.5, 0.6) is 0 Å². The average molecular weight is 264 g/mol. The predicted molar refractivity (Wildman–Crippen MR) is 83.6 cm³/mol. The van der Waals surface area contributed by atoms with E-state index in [1.807, 2.05) is 38.1 Å². The monoisotopic (exact) mass is 264 g/mol. The van der Waals surface area contributed by atoms with Crippen molar-refractivity contribution < 1.29 is 0 Å². The van der Waals surface area contributed by atoms with Crippen molar-refractivity contribution in [2.75, 3.05) is 5.32 Å². The smallest absolute Gasteiger partial charge is 0.0766 e. The normalized spacial score (nSPS) is 10.9. The molecule has 1 N–H and O–H groups in total. The lowest BCUT2D eigenvalue weighted by Crippen LogP contribution is -2.13. The standard InChI is InChI=1S/C18H20N2/c1-14-4-6-15(7-5-14)12-20-17-10-8-16(9-11-17)18(2,3)13-19/h4-11,20H,12H2,1-3H3. The largest absolute Gasteiger partial charge is 0.381 e. The summed E-state index contributed by atoms with van der Waals surface area (Å²) in [6.45, 7) is 6.76. The summed E-state index contributed by atoms with van der Waals surface area (Å²) in [5, 5.41) is 12.5. The van der Waals surface area contributed by atoms with E-state index < -0.39 is 5.41 Å². The molecular formula is C18H20N2. The van der Waals surface area contributed by atoms with Crippen molar-refractivity contribution in [2.45, 2.75) is 32.7 Å². The van der Waals surface area contributed by atoms with Gasteiger partial charge >= 0.3 is 0 Å². The van der Waals surface area contributed by atoms with Crippen LogP contribution >= 0.6 is 0 Å². The zero-order valence-corrected chi connectivity index (χ0v) is 12.3. The SMILES string of the molecule is Cc1ccc(CNc2ccc(C(C)(C)C#N)cc2)cc1. The van der Waals surface area contributed by atoms with Crippen molar-refractivity contribution in [2.24, 2.45) is 0 Å². The molecule has 0 fully saturated rings. The number of hydrogen-bond acceptors (Lipinski definition) is 2. The molecule has 0 saturated heterocycles. The maximum Gasteiger partial charge on any atom is 0.0766 e. The molecule has 0 aliphatic rings. The molecule has 2 nitrogen and oxygen atoms in total. The summed E-state index contributed by atoms with van der Waals surface area (Å²) in [4.78, 5) is 0. The first-order chi connectivity index (χ1) is 9.51. The number of rotatable bonds is 4. The fraction of sp³-hybridized carbons (Fsp3) is 0.278. The third-order valence-electron chi connectivity index (χ3n) is 3.50. The quantitative estimate of drug-likeness (QED) is 0.888. The van der Waals surface area contributed by atoms with Crippen LogP contribution in [-0.4, -0.2) is 0 Å². The van der Waals surface area contributed by atoms with Crippen LogP contribution in [-0.2, 0) is 12.0 Å². The van der Waals surface area contributed by atoms with Gasteiger partial charge in [-0.1, -0.05) is 42.0 Å². The van der Waals surface area contributed by atoms with Crippen molar-refractivity contribution in [1.82, 2.24) is 0 Å². The van der Waals surface area contributed by atoms with Crippen LogP contribution in [0, 0.1) is 18.3 Å². The van der Waals surface area contributed by atoms with Crippen LogP contribution in [0.3, 0.4) is 0 Å². The summed E-state index contributed by atoms with van der Waals surface area (Å²) in [5.41, 5.74) is 4.22. The second kappa shape index (κ2) is 5.79. The highest BCUT2D eigenvalue weighted by atomic mass is 14.9. The van der Waals surface area contributed by atoms with Gasteiger partial charge in [-0.2, -0.15) is 5.26 Å². The number of hydrogen-bond donors (Lipinski definition) is 1. The van der Waals surface area contributed by atoms with E-state index in [0.29, 0.717) is 0 Å². The van der Waals surface area contributed by atoms with Crippen molar-refractivity contribution in [3.63, 3.8) is 0 Å². The first-order valence-corrected chi connectivity index (χ1v) is 6.82. The maximum absolute atomic E-state index is 9.13. The fourth-order valence-electron chi connectivity index (χ4n) is 1.98. The van der Waals surface area contributed by atoms with E-state index in [-0.39, 0.29) is 0 Å². The highest BCUT2D eigenvalue weighted by molar-refractivity contribution is 5.47. The number of benzene rings is 2. The summed E-state index contributed by atoms with van der Waals surface area (Å²) in [5.74, 6) is 0. The second-order valence-electron chi connectivity index (χ2n) is 5.65. The number of nitriles is 1. The molecule has 0 aliphatic heterocycles. The summed E-state index contributed by atoms with van der Waals surface area (Å²) in [7, 11) is 0. The predicted octanol–water partition coefficient (Wildman–Crippen LogP) is 4.41. The van der Waals surface area contributed by atoms with Crippen molar-refractivity contribution in [3.05, 3.63) is 65.2 Å². The molecule has 0 aromatic heterocycles. The fourth-order valence-corrected chi connectivity index (χ4v) is 1.98. The molecule has 0 saturated carbocycles. The van der Waals surface area contributed by atoms with E-state index in [2.05, 4.69) is 42.6 Å². The minimum atomic E-state index is -0.435. The number of anilines is 1. The first kappa shape index (κ1) is 14.1. The van der Waals surface area contributed by atoms with E-state index in [1.54, 1.807) is 0 Å². The molecule has 0 heterocycles. The molecule has 0 radical (unpaired) electrons. The molecule has 0 spiro atoms. The van der Waals surface area contributed by atoms with Crippen LogP contribution in [0.25, 0.3) is 0 Å². The Morgan fingerprint density at radius 3 is 2.15 bits per heavy atom. The Balaban J connectivity index is 2.01. The molecule has 20 heavy (non-hydrogen) atoms. The van der Waals surface area contributed by atoms with Gasteiger partial charge in [-0.05, 0) is 44.0 Å². The molecule has 0 amide bonds. The number of nitrogens with zero attached hydrogens (tertiary/aromatic N) is 1. The van der Waals surface area contributed by atoms with Gasteiger partial charge in [0.1, 0.15) is 0 Å². The van der Waals surface area contributed by atoms with Gasteiger partial charge in [-0.25, -0.2) is 0 Å². The summed E-state index contributed by atoms with van der Waals surface area (Å²) in [6, 6.07) is 18.9. The van der Waals surface area contributed by atoms with E-state index >= 15 is 0 Å². The minimum Gasteiger partial charge on any atom is -0.381 e. The Morgan fingerprint density at radius 2 is 1.60 bits per heavy atom. The van der Waals surface area contributed by atoms with Gasteiger partial charge in [-0.3, -0.25) is 0 Å². The van der Waals surface area contributed by atoms with Crippen LogP contribution in [0.1, 0.15) is 30.5 Å². The van der Waals surface area contributed by atoms with E-state index in [4.69, 9.17) is 5.26 Å². The zero-order chi connectivity index (χ0) is 14.6. The van der Waals surface area contributed by atoms with Gasteiger partial charge in [0.05, 0.1) is 11.5 Å². The molecule has 2 aromatic carbocycles. The average Bonchev–Trinajstić information content (AvgIpc) is 2.47. The van der Waals surface area contributed by atoms with E-state index in [0.717, 1.165) is 17.8 Å². The summed E-state index contributed by atoms with van der Waals surface area (Å²) in [6.07, 6.45) is 0. The molecule has 0 atom stereocenters. The van der Waals surface area contributed by atoms with Crippen LogP contribution in [0.4, 0.5) is 5.69 Å². The van der Waals surface area contributed by atoms with Crippen LogP contribution in [0.15, 0.2) is 48.5 Å². The van der Waals surface area contributed by atoms with Gasteiger partial charge < -0.3 is 5.32 Å². The lowest BCUT2D eigenvalue weighted by atomic mass is 9.86. The first-order valence-electron chi connectivity index (χ1n) is 6.82. The molecule has 0 unspecified atom stereocenters. The van der Waals surface area contributed by atoms with E-state index in [1.165, 1.54) is 11.1 Å². The molecule has 2 heteroatoms. The van der Waals surface area contributed by atoms with Crippen LogP contribution < -0.4 is 5.32 Å². The summed E-state index contributed by atoms with van der Waals surface area (Å²) >= 11 is 0. The highest BCUT2D eigenvalue weighted by Crippen LogP contribution is 2.23. The number of aryl methyl sites for hydroxylation is 1. The van der Waals surface area contributed by atoms with Gasteiger partial charge in [0, 0.05) is 12.2 Å². The molecule has 2 rings (SSSR count). The lowest BCUT2D eigenvalue weighted by Gasteiger charge is -2.16. The van der Waals surface area contributed by atoms with Gasteiger partial charge in [0.25, 0.3) is 0 Å². The molecule has 0 aliphatic carbocycles. The minimum absolute atomic E-state index is 0.435. The Labute approximate surface area is 121 Å². The van der Waals surface area contributed by atoms with Crippen molar-refractivity contribution in [3.8, 4) is 6.07 Å². The zero-order valence-electron chi connectivity index (χ0n) is 12.3.